The molecule has 0 fully saturated rings. The Morgan fingerprint density at radius 2 is 0.720 bits per heavy atom. The molecule has 678 valence electrons. The van der Waals surface area contributed by atoms with E-state index in [9.17, 15) is 48.5 Å². The number of carbonyl (C=O) groups is 8. The zero-order valence-corrected chi connectivity index (χ0v) is 78.4. The Kier molecular flexibility index (Phi) is 33.9. The molecule has 132 heavy (non-hydrogen) atoms. The summed E-state index contributed by atoms with van der Waals surface area (Å²) in [6.45, 7) is 21.8. The van der Waals surface area contributed by atoms with Crippen LogP contribution in [0, 0.1) is 65.5 Å². The lowest BCUT2D eigenvalue weighted by molar-refractivity contribution is -0.385. The summed E-state index contributed by atoms with van der Waals surface area (Å²) in [6.07, 6.45) is 7.41. The minimum absolute atomic E-state index is 0.0815. The Morgan fingerprint density at radius 3 is 1.07 bits per heavy atom. The summed E-state index contributed by atoms with van der Waals surface area (Å²) in [5, 5.41) is 55.4. The van der Waals surface area contributed by atoms with Crippen LogP contribution in [0.5, 0.6) is 0 Å². The molecule has 0 aliphatic rings. The molecule has 0 unspecified atom stereocenters. The first-order valence-corrected chi connectivity index (χ1v) is 44.9. The molecular formula is C98H94Cl4N16O12S2. The number of nitro groups is 1. The van der Waals surface area contributed by atoms with Gasteiger partial charge in [-0.1, -0.05) is 94.9 Å². The smallest absolute Gasteiger partial charge is 0.307 e. The van der Waals surface area contributed by atoms with Gasteiger partial charge in [-0.25, -0.2) is 18.7 Å². The van der Waals surface area contributed by atoms with E-state index in [1.165, 1.54) is 76.0 Å². The van der Waals surface area contributed by atoms with E-state index in [1.54, 1.807) is 152 Å². The average molecular weight is 1890 g/mol. The van der Waals surface area contributed by atoms with Gasteiger partial charge in [0.05, 0.1) is 68.6 Å². The minimum Gasteiger partial charge on any atom is -0.481 e. The number of carboxylic acid groups (broad SMARTS) is 1. The van der Waals surface area contributed by atoms with Crippen molar-refractivity contribution in [3.05, 3.63) is 362 Å². The second-order valence-corrected chi connectivity index (χ2v) is 35.4. The maximum Gasteiger partial charge on any atom is 0.307 e. The lowest BCUT2D eigenvalue weighted by Gasteiger charge is -2.19. The van der Waals surface area contributed by atoms with Gasteiger partial charge in [-0.05, 0) is 271 Å². The molecule has 4 aromatic heterocycles. The zero-order chi connectivity index (χ0) is 95.2. The number of nitrogens with one attached hydrogen (secondary N) is 6. The number of rotatable bonds is 27. The quantitative estimate of drug-likeness (QED) is 0.00779. The number of hydrogen-bond acceptors (Lipinski definition) is 18. The van der Waals surface area contributed by atoms with Crippen molar-refractivity contribution in [2.24, 2.45) is 0 Å². The number of thioether (sulfide) groups is 2. The van der Waals surface area contributed by atoms with Gasteiger partial charge < -0.3 is 47.5 Å². The Labute approximate surface area is 790 Å². The Morgan fingerprint density at radius 1 is 0.394 bits per heavy atom. The van der Waals surface area contributed by atoms with Crippen molar-refractivity contribution in [2.45, 2.75) is 106 Å². The third-order valence-electron chi connectivity index (χ3n) is 20.2. The molecule has 14 aromatic rings. The summed E-state index contributed by atoms with van der Waals surface area (Å²) in [5.41, 5.74) is 22.1. The van der Waals surface area contributed by atoms with Gasteiger partial charge in [-0.15, -0.1) is 0 Å². The molecule has 0 aliphatic carbocycles. The number of halogens is 4. The van der Waals surface area contributed by atoms with Crippen LogP contribution in [0.2, 0.25) is 20.1 Å². The van der Waals surface area contributed by atoms with E-state index in [4.69, 9.17) is 62.0 Å². The standard InChI is InChI=1S/C33H35ClN4O4S.C29H27ClN4O4S.C18H15ClN4O3.C18H17ClN4O/c1-21-9-11-26(17-22(21)2)38-15-13-29(37-38)36-32(41)27-19-25(34)10-12-28(27)35-31(40)24-8-6-7-23(18-24)20-43-16-14-30(39)42-33(3,4)5;1-18-6-8-23(14-19(18)2)34-12-10-26(33-34)32-29(38)24-16-22(30)7-9-25(24)31-28(37)21-5-3-4-20(15-21)17-39-13-11-27(35)36;1-11-3-5-14(9-12(11)2)22-8-7-17(21-22)20-18(24)15-10-13(19)4-6-16(15)23(25)26;1-11-3-5-14(9-12(11)2)23-8-7-17(22-23)21-18(24)15-10-13(19)4-6-16(15)20/h6-13,15,17-19H,14,16,20H2,1-5H3,(H,35,40)(H,36,37,41);3-10,12,14-16H,11,13,17H2,1-2H3,(H,31,37)(H,35,36)(H,32,33,38);3-10H,1-2H3,(H,20,21,24);3-10H,20H2,1-2H3,(H,21,22,24). The molecule has 34 heteroatoms. The number of amides is 6. The van der Waals surface area contributed by atoms with Crippen LogP contribution in [0.15, 0.2) is 243 Å². The molecule has 28 nitrogen and oxygen atoms in total. The van der Waals surface area contributed by atoms with Gasteiger partial charge in [0.2, 0.25) is 0 Å². The first kappa shape index (κ1) is 98.5. The van der Waals surface area contributed by atoms with Crippen LogP contribution in [0.4, 0.5) is 46.0 Å². The zero-order valence-electron chi connectivity index (χ0n) is 73.7. The van der Waals surface area contributed by atoms with E-state index in [0.29, 0.717) is 95.7 Å². The van der Waals surface area contributed by atoms with Crippen molar-refractivity contribution in [1.29, 1.82) is 0 Å². The molecule has 0 bridgehead atoms. The SMILES string of the molecule is Cc1ccc(-n2ccc(NC(=O)c3cc(Cl)ccc3N)n2)cc1C.Cc1ccc(-n2ccc(NC(=O)c3cc(Cl)ccc3NC(=O)c3cccc(CSCCC(=O)O)c3)n2)cc1C.Cc1ccc(-n2ccc(NC(=O)c3cc(Cl)ccc3NC(=O)c3cccc(CSCCC(=O)OC(C)(C)C)c3)n2)cc1C.Cc1ccc(-n2ccc(NC(=O)c3cc(Cl)ccc3[N+](=O)[O-])n2)cc1C. The number of carbonyl (C=O) groups excluding carboxylic acids is 7. The molecule has 9 N–H and O–H groups in total. The molecule has 0 aliphatic heterocycles. The number of ether oxygens (including phenoxy) is 1. The summed E-state index contributed by atoms with van der Waals surface area (Å²) in [4.78, 5) is 111. The number of hydrogen-bond donors (Lipinski definition) is 8. The number of nitro benzene ring substituents is 1. The number of aryl methyl sites for hydroxylation is 8. The van der Waals surface area contributed by atoms with Crippen molar-refractivity contribution in [1.82, 2.24) is 39.1 Å². The maximum absolute atomic E-state index is 13.3. The van der Waals surface area contributed by atoms with E-state index in [1.807, 2.05) is 154 Å². The van der Waals surface area contributed by atoms with Crippen LogP contribution in [-0.4, -0.2) is 114 Å². The van der Waals surface area contributed by atoms with Crippen molar-refractivity contribution < 1.29 is 53.1 Å². The van der Waals surface area contributed by atoms with Gasteiger partial charge in [-0.2, -0.15) is 43.9 Å². The number of benzene rings is 10. The topological polar surface area (TPSA) is 379 Å². The highest BCUT2D eigenvalue weighted by Crippen LogP contribution is 2.31. The Balaban J connectivity index is 0.000000174. The number of carboxylic acids is 1. The van der Waals surface area contributed by atoms with E-state index < -0.39 is 34.2 Å². The Hall–Kier alpha value is -14.1. The fraction of sp³-hybridized carbons (Fsp3) is 0.184. The predicted octanol–water partition coefficient (Wildman–Crippen LogP) is 22.2. The van der Waals surface area contributed by atoms with E-state index >= 15 is 0 Å². The van der Waals surface area contributed by atoms with Crippen LogP contribution in [-0.2, 0) is 25.8 Å². The summed E-state index contributed by atoms with van der Waals surface area (Å²) >= 11 is 27.2. The van der Waals surface area contributed by atoms with Gasteiger partial charge in [-0.3, -0.25) is 48.5 Å². The first-order chi connectivity index (χ1) is 62.8. The monoisotopic (exact) mass is 1890 g/mol. The summed E-state index contributed by atoms with van der Waals surface area (Å²) in [7, 11) is 0. The first-order valence-electron chi connectivity index (χ1n) is 41.1. The summed E-state index contributed by atoms with van der Waals surface area (Å²) in [5.74, 6) is -0.0102. The van der Waals surface area contributed by atoms with E-state index in [-0.39, 0.29) is 63.3 Å². The van der Waals surface area contributed by atoms with Gasteiger partial charge in [0.25, 0.3) is 41.1 Å². The van der Waals surface area contributed by atoms with Gasteiger partial charge in [0.15, 0.2) is 23.3 Å². The molecule has 0 spiro atoms. The van der Waals surface area contributed by atoms with Crippen molar-refractivity contribution in [3.63, 3.8) is 0 Å². The predicted molar refractivity (Wildman–Crippen MR) is 525 cm³/mol. The third-order valence-corrected chi connectivity index (χ3v) is 23.2. The fourth-order valence-electron chi connectivity index (χ4n) is 12.6. The van der Waals surface area contributed by atoms with Crippen LogP contribution in [0.25, 0.3) is 22.7 Å². The number of nitrogen functional groups attached to an aromatic ring is 1. The molecule has 4 heterocycles. The number of aromatic nitrogens is 8. The molecule has 10 aromatic carbocycles. The van der Waals surface area contributed by atoms with E-state index in [2.05, 4.69) is 59.2 Å². The largest absolute Gasteiger partial charge is 0.481 e. The number of anilines is 7. The molecule has 0 atom stereocenters. The molecule has 14 rings (SSSR count). The Bertz CT molecular complexity index is 6660. The highest BCUT2D eigenvalue weighted by molar-refractivity contribution is 7.98. The van der Waals surface area contributed by atoms with Crippen LogP contribution in [0.3, 0.4) is 0 Å². The van der Waals surface area contributed by atoms with Crippen molar-refractivity contribution in [3.8, 4) is 22.7 Å². The van der Waals surface area contributed by atoms with Crippen molar-refractivity contribution in [2.75, 3.05) is 49.1 Å². The normalized spacial score (nSPS) is 10.8. The minimum atomic E-state index is -0.840. The lowest BCUT2D eigenvalue weighted by Crippen LogP contribution is -2.24. The lowest BCUT2D eigenvalue weighted by atomic mass is 10.1. The van der Waals surface area contributed by atoms with Gasteiger partial charge in [0.1, 0.15) is 11.2 Å². The number of nitrogens with zero attached hydrogens (tertiary/aromatic N) is 9. The highest BCUT2D eigenvalue weighted by atomic mass is 35.5. The second-order valence-electron chi connectivity index (χ2n) is 31.4. The molecule has 0 saturated carbocycles. The van der Waals surface area contributed by atoms with Gasteiger partial charge >= 0.3 is 11.9 Å². The summed E-state index contributed by atoms with van der Waals surface area (Å²) < 4.78 is 12.0. The molecule has 6 amide bonds. The highest BCUT2D eigenvalue weighted by Gasteiger charge is 2.25. The third kappa shape index (κ3) is 28.2. The van der Waals surface area contributed by atoms with Crippen molar-refractivity contribution >= 4 is 163 Å². The number of esters is 1. The van der Waals surface area contributed by atoms with E-state index in [0.717, 1.165) is 50.6 Å². The van der Waals surface area contributed by atoms with Crippen LogP contribution in [0.1, 0.15) is 151 Å². The number of aliphatic carboxylic acids is 1. The van der Waals surface area contributed by atoms with Crippen LogP contribution >= 0.6 is 69.9 Å². The summed E-state index contributed by atoms with van der Waals surface area (Å²) in [6, 6.07) is 63.0. The van der Waals surface area contributed by atoms with Gasteiger partial charge in [0, 0.05) is 115 Å². The second kappa shape index (κ2) is 45.4. The molecule has 0 saturated heterocycles. The van der Waals surface area contributed by atoms with Crippen LogP contribution < -0.4 is 37.6 Å². The number of nitrogens with two attached hydrogens (primary N) is 1. The molecular weight excluding hydrogens is 1800 g/mol. The molecule has 0 radical (unpaired) electrons. The average Bonchev–Trinajstić information content (AvgIpc) is 1.82. The maximum atomic E-state index is 13.3. The fourth-order valence-corrected chi connectivity index (χ4v) is 15.1.